The predicted octanol–water partition coefficient (Wildman–Crippen LogP) is 2.05. The van der Waals surface area contributed by atoms with Crippen LogP contribution < -0.4 is 5.43 Å². The van der Waals surface area contributed by atoms with Crippen LogP contribution in [0.15, 0.2) is 5.10 Å². The van der Waals surface area contributed by atoms with Crippen molar-refractivity contribution < 1.29 is 14.3 Å². The van der Waals surface area contributed by atoms with E-state index < -0.39 is 6.09 Å². The highest BCUT2D eigenvalue weighted by Crippen LogP contribution is 2.24. The first kappa shape index (κ1) is 13.4. The van der Waals surface area contributed by atoms with E-state index in [1.807, 2.05) is 0 Å². The number of carbonyl (C=O) groups is 1. The molecule has 6 heteroatoms. The highest BCUT2D eigenvalue weighted by Gasteiger charge is 2.28. The van der Waals surface area contributed by atoms with Gasteiger partial charge in [0.25, 0.3) is 0 Å². The van der Waals surface area contributed by atoms with Crippen molar-refractivity contribution in [3.63, 3.8) is 0 Å². The second kappa shape index (κ2) is 6.85. The van der Waals surface area contributed by atoms with Gasteiger partial charge < -0.3 is 9.47 Å². The molecule has 1 aliphatic rings. The van der Waals surface area contributed by atoms with Crippen LogP contribution in [0.5, 0.6) is 0 Å². The third-order valence-corrected chi connectivity index (χ3v) is 3.33. The predicted molar refractivity (Wildman–Crippen MR) is 65.0 cm³/mol. The van der Waals surface area contributed by atoms with Crippen molar-refractivity contribution in [2.75, 3.05) is 13.7 Å². The summed E-state index contributed by atoms with van der Waals surface area (Å²) in [5, 5.41) is 4.04. The van der Waals surface area contributed by atoms with Crippen LogP contribution in [0.1, 0.15) is 26.2 Å². The summed E-state index contributed by atoms with van der Waals surface area (Å²) in [5.74, 6) is 0. The fourth-order valence-electron chi connectivity index (χ4n) is 1.66. The number of hydrogen-bond donors (Lipinski definition) is 1. The van der Waals surface area contributed by atoms with Crippen molar-refractivity contribution >= 4 is 27.7 Å². The van der Waals surface area contributed by atoms with Crippen molar-refractivity contribution in [1.29, 1.82) is 0 Å². The Kier molecular flexibility index (Phi) is 5.76. The normalized spacial score (nSPS) is 27.8. The van der Waals surface area contributed by atoms with Crippen molar-refractivity contribution in [2.45, 2.75) is 37.1 Å². The maximum atomic E-state index is 11.1. The Morgan fingerprint density at radius 1 is 1.69 bits per heavy atom. The Balaban J connectivity index is 2.55. The Morgan fingerprint density at radius 2 is 2.44 bits per heavy atom. The first-order valence-corrected chi connectivity index (χ1v) is 6.26. The summed E-state index contributed by atoms with van der Waals surface area (Å²) in [4.78, 5) is 11.3. The molecule has 0 aromatic carbocycles. The van der Waals surface area contributed by atoms with Gasteiger partial charge in [0.15, 0.2) is 0 Å². The molecule has 0 radical (unpaired) electrons. The number of amides is 1. The molecule has 5 nitrogen and oxygen atoms in total. The minimum absolute atomic E-state index is 0.0734. The molecule has 16 heavy (non-hydrogen) atoms. The molecule has 2 unspecified atom stereocenters. The average molecular weight is 293 g/mol. The van der Waals surface area contributed by atoms with Gasteiger partial charge in [-0.2, -0.15) is 5.10 Å². The van der Waals surface area contributed by atoms with E-state index in [9.17, 15) is 4.79 Å². The number of rotatable bonds is 3. The monoisotopic (exact) mass is 292 g/mol. The molecule has 0 aromatic heterocycles. The fraction of sp³-hybridized carbons (Fsp3) is 0.800. The first-order valence-electron chi connectivity index (χ1n) is 5.35. The van der Waals surface area contributed by atoms with Gasteiger partial charge in [0.2, 0.25) is 0 Å². The molecular formula is C10H17BrN2O3. The summed E-state index contributed by atoms with van der Waals surface area (Å²) in [7, 11) is 1.64. The largest absolute Gasteiger partial charge is 0.449 e. The fourth-order valence-corrected chi connectivity index (χ4v) is 2.51. The topological polar surface area (TPSA) is 59.9 Å². The molecular weight excluding hydrogens is 276 g/mol. The third-order valence-electron chi connectivity index (χ3n) is 2.39. The van der Waals surface area contributed by atoms with Crippen LogP contribution in [0.25, 0.3) is 0 Å². The summed E-state index contributed by atoms with van der Waals surface area (Å²) in [6.07, 6.45) is 2.33. The van der Waals surface area contributed by atoms with Crippen molar-refractivity contribution in [3.05, 3.63) is 0 Å². The van der Waals surface area contributed by atoms with Gasteiger partial charge in [-0.25, -0.2) is 10.2 Å². The quantitative estimate of drug-likeness (QED) is 0.640. The number of ether oxygens (including phenoxy) is 2. The van der Waals surface area contributed by atoms with Gasteiger partial charge in [-0.3, -0.25) is 0 Å². The first-order chi connectivity index (χ1) is 7.69. The summed E-state index contributed by atoms with van der Waals surface area (Å²) >= 11 is 3.54. The highest BCUT2D eigenvalue weighted by atomic mass is 79.9. The summed E-state index contributed by atoms with van der Waals surface area (Å²) in [5.41, 5.74) is 3.21. The number of methoxy groups -OCH3 is 1. The number of alkyl halides is 1. The molecule has 1 N–H and O–H groups in total. The van der Waals surface area contributed by atoms with Crippen LogP contribution in [-0.4, -0.2) is 36.5 Å². The highest BCUT2D eigenvalue weighted by molar-refractivity contribution is 9.09. The molecule has 0 aliphatic heterocycles. The van der Waals surface area contributed by atoms with Crippen LogP contribution in [0.2, 0.25) is 0 Å². The molecule has 1 fully saturated rings. The zero-order valence-electron chi connectivity index (χ0n) is 9.53. The van der Waals surface area contributed by atoms with Gasteiger partial charge in [0, 0.05) is 11.9 Å². The van der Waals surface area contributed by atoms with Gasteiger partial charge in [0.05, 0.1) is 12.3 Å². The van der Waals surface area contributed by atoms with E-state index in [2.05, 4.69) is 26.5 Å². The summed E-state index contributed by atoms with van der Waals surface area (Å²) in [6, 6.07) is 0. The summed E-state index contributed by atoms with van der Waals surface area (Å²) < 4.78 is 10.1. The molecule has 92 valence electrons. The Bertz CT molecular complexity index is 271. The van der Waals surface area contributed by atoms with Gasteiger partial charge in [-0.1, -0.05) is 15.9 Å². The minimum atomic E-state index is -0.526. The minimum Gasteiger partial charge on any atom is -0.449 e. The Morgan fingerprint density at radius 3 is 3.06 bits per heavy atom. The lowest BCUT2D eigenvalue weighted by atomic mass is 9.95. The van der Waals surface area contributed by atoms with E-state index in [1.165, 1.54) is 0 Å². The number of hydrogen-bond acceptors (Lipinski definition) is 4. The lowest BCUT2D eigenvalue weighted by Gasteiger charge is -2.27. The molecule has 0 spiro atoms. The van der Waals surface area contributed by atoms with Crippen LogP contribution in [0.4, 0.5) is 4.79 Å². The van der Waals surface area contributed by atoms with Crippen LogP contribution in [0, 0.1) is 0 Å². The second-order valence-electron chi connectivity index (χ2n) is 3.50. The van der Waals surface area contributed by atoms with Gasteiger partial charge in [-0.15, -0.1) is 0 Å². The molecule has 0 aromatic rings. The van der Waals surface area contributed by atoms with Crippen molar-refractivity contribution in [3.8, 4) is 0 Å². The number of carbonyl (C=O) groups excluding carboxylic acids is 1. The molecule has 1 amide bonds. The van der Waals surface area contributed by atoms with Gasteiger partial charge in [0.1, 0.15) is 6.10 Å². The molecule has 0 saturated heterocycles. The van der Waals surface area contributed by atoms with Crippen LogP contribution >= 0.6 is 15.9 Å². The van der Waals surface area contributed by atoms with E-state index in [0.29, 0.717) is 6.61 Å². The van der Waals surface area contributed by atoms with E-state index in [0.717, 1.165) is 25.0 Å². The van der Waals surface area contributed by atoms with Crippen LogP contribution in [0.3, 0.4) is 0 Å². The standard InChI is InChI=1S/C10H17BrN2O3/c1-3-16-10(14)13-12-8-6-4-5-7(11)9(8)15-2/h7,9H,3-6H2,1-2H3,(H,13,14)/b12-8+. The van der Waals surface area contributed by atoms with E-state index in [-0.39, 0.29) is 10.9 Å². The maximum Gasteiger partial charge on any atom is 0.427 e. The van der Waals surface area contributed by atoms with Gasteiger partial charge >= 0.3 is 6.09 Å². The average Bonchev–Trinajstić information content (AvgIpc) is 2.27. The molecule has 1 rings (SSSR count). The second-order valence-corrected chi connectivity index (χ2v) is 4.68. The van der Waals surface area contributed by atoms with Crippen LogP contribution in [-0.2, 0) is 9.47 Å². The number of nitrogens with one attached hydrogen (secondary N) is 1. The van der Waals surface area contributed by atoms with E-state index in [1.54, 1.807) is 14.0 Å². The lowest BCUT2D eigenvalue weighted by Crippen LogP contribution is -2.37. The summed E-state index contributed by atoms with van der Waals surface area (Å²) in [6.45, 7) is 2.09. The SMILES string of the molecule is CCOC(=O)N/N=C1\CCCC(Br)C1OC. The maximum absolute atomic E-state index is 11.1. The van der Waals surface area contributed by atoms with Crippen molar-refractivity contribution in [1.82, 2.24) is 5.43 Å². The molecule has 1 saturated carbocycles. The third kappa shape index (κ3) is 3.75. The van der Waals surface area contributed by atoms with Gasteiger partial charge in [-0.05, 0) is 26.2 Å². The van der Waals surface area contributed by atoms with Crippen molar-refractivity contribution in [2.24, 2.45) is 5.10 Å². The molecule has 0 bridgehead atoms. The zero-order chi connectivity index (χ0) is 12.0. The van der Waals surface area contributed by atoms with E-state index >= 15 is 0 Å². The number of halogens is 1. The molecule has 1 aliphatic carbocycles. The van der Waals surface area contributed by atoms with E-state index in [4.69, 9.17) is 9.47 Å². The smallest absolute Gasteiger partial charge is 0.427 e. The molecule has 0 heterocycles. The number of nitrogens with zero attached hydrogens (tertiary/aromatic N) is 1. The lowest BCUT2D eigenvalue weighted by molar-refractivity contribution is 0.141. The number of hydrazone groups is 1. The zero-order valence-corrected chi connectivity index (χ0v) is 11.1. The Hall–Kier alpha value is -0.620. The Labute approximate surface area is 104 Å². The molecule has 2 atom stereocenters.